The van der Waals surface area contributed by atoms with Crippen LogP contribution in [0.2, 0.25) is 0 Å². The minimum atomic E-state index is -0.386. The molecule has 1 heterocycles. The van der Waals surface area contributed by atoms with Crippen LogP contribution in [0.4, 0.5) is 0 Å². The van der Waals surface area contributed by atoms with Crippen LogP contribution in [0.25, 0.3) is 0 Å². The van der Waals surface area contributed by atoms with Gasteiger partial charge in [-0.2, -0.15) is 0 Å². The van der Waals surface area contributed by atoms with Gasteiger partial charge in [0.25, 0.3) is 5.91 Å². The second kappa shape index (κ2) is 8.20. The fourth-order valence-corrected chi connectivity index (χ4v) is 3.22. The second-order valence-electron chi connectivity index (χ2n) is 5.66. The van der Waals surface area contributed by atoms with E-state index in [2.05, 4.69) is 10.6 Å². The summed E-state index contributed by atoms with van der Waals surface area (Å²) in [6.45, 7) is 7.09. The molecule has 0 saturated carbocycles. The number of likely N-dealkylation sites (N-methyl/N-ethyl adjacent to an activating group) is 1. The number of nitrogens with zero attached hydrogens (tertiary/aromatic N) is 1. The first-order chi connectivity index (χ1) is 12.0. The van der Waals surface area contributed by atoms with Crippen LogP contribution in [0.3, 0.4) is 0 Å². The highest BCUT2D eigenvalue weighted by atomic mass is 32.1. The summed E-state index contributed by atoms with van der Waals surface area (Å²) in [7, 11) is 3.20. The van der Waals surface area contributed by atoms with Crippen LogP contribution < -0.4 is 20.1 Å². The molecule has 0 aliphatic carbocycles. The number of amides is 1. The molecule has 1 aromatic carbocycles. The van der Waals surface area contributed by atoms with E-state index in [1.165, 1.54) is 0 Å². The number of carbonyl (C=O) groups is 1. The second-order valence-corrected chi connectivity index (χ2v) is 6.06. The molecule has 1 atom stereocenters. The number of allylic oxidation sites excluding steroid dienone is 1. The van der Waals surface area contributed by atoms with Gasteiger partial charge in [0.2, 0.25) is 0 Å². The Morgan fingerprint density at radius 2 is 1.92 bits per heavy atom. The maximum absolute atomic E-state index is 13.1. The van der Waals surface area contributed by atoms with Gasteiger partial charge in [0.1, 0.15) is 11.5 Å². The molecule has 0 bridgehead atoms. The van der Waals surface area contributed by atoms with Crippen LogP contribution in [-0.2, 0) is 4.79 Å². The smallest absolute Gasteiger partial charge is 0.253 e. The molecule has 0 unspecified atom stereocenters. The molecular weight excluding hydrogens is 338 g/mol. The molecular formula is C18H25N3O3S. The molecule has 1 aliphatic heterocycles. The maximum Gasteiger partial charge on any atom is 0.253 e. The molecule has 2 rings (SSSR count). The molecule has 0 saturated heterocycles. The number of nitrogens with one attached hydrogen (secondary N) is 2. The third-order valence-corrected chi connectivity index (χ3v) is 4.52. The maximum atomic E-state index is 13.1. The highest BCUT2D eigenvalue weighted by Gasteiger charge is 2.33. The average Bonchev–Trinajstić information content (AvgIpc) is 2.61. The summed E-state index contributed by atoms with van der Waals surface area (Å²) < 4.78 is 10.8. The molecule has 0 spiro atoms. The highest BCUT2D eigenvalue weighted by Crippen LogP contribution is 2.35. The quantitative estimate of drug-likeness (QED) is 0.757. The predicted molar refractivity (Wildman–Crippen MR) is 102 cm³/mol. The van der Waals surface area contributed by atoms with E-state index in [1.54, 1.807) is 25.2 Å². The van der Waals surface area contributed by atoms with Crippen LogP contribution in [0.15, 0.2) is 29.5 Å². The van der Waals surface area contributed by atoms with Gasteiger partial charge in [0.05, 0.1) is 25.8 Å². The van der Waals surface area contributed by atoms with Crippen molar-refractivity contribution in [3.05, 3.63) is 35.0 Å². The minimum Gasteiger partial charge on any atom is -0.497 e. The van der Waals surface area contributed by atoms with Gasteiger partial charge in [-0.05, 0) is 45.1 Å². The summed E-state index contributed by atoms with van der Waals surface area (Å²) in [6.07, 6.45) is 0. The molecule has 1 aromatic rings. The molecule has 2 N–H and O–H groups in total. The fourth-order valence-electron chi connectivity index (χ4n) is 2.95. The van der Waals surface area contributed by atoms with Crippen LogP contribution in [0.5, 0.6) is 11.5 Å². The molecule has 1 aliphatic rings. The summed E-state index contributed by atoms with van der Waals surface area (Å²) in [5.74, 6) is 1.31. The van der Waals surface area contributed by atoms with Crippen molar-refractivity contribution in [2.24, 2.45) is 0 Å². The fraction of sp³-hybridized carbons (Fsp3) is 0.444. The Labute approximate surface area is 154 Å². The number of hydrogen-bond acceptors (Lipinski definition) is 4. The van der Waals surface area contributed by atoms with Crippen molar-refractivity contribution in [1.82, 2.24) is 15.5 Å². The average molecular weight is 363 g/mol. The Hall–Kier alpha value is -2.28. The van der Waals surface area contributed by atoms with E-state index in [1.807, 2.05) is 32.9 Å². The Balaban J connectivity index is 2.55. The van der Waals surface area contributed by atoms with E-state index >= 15 is 0 Å². The number of rotatable bonds is 6. The third kappa shape index (κ3) is 3.87. The molecule has 6 nitrogen and oxygen atoms in total. The zero-order valence-electron chi connectivity index (χ0n) is 15.3. The molecule has 136 valence electrons. The Morgan fingerprint density at radius 3 is 2.48 bits per heavy atom. The van der Waals surface area contributed by atoms with Crippen molar-refractivity contribution in [1.29, 1.82) is 0 Å². The van der Waals surface area contributed by atoms with Crippen LogP contribution in [0, 0.1) is 0 Å². The zero-order valence-corrected chi connectivity index (χ0v) is 16.1. The first kappa shape index (κ1) is 19.1. The summed E-state index contributed by atoms with van der Waals surface area (Å²) in [5, 5.41) is 6.75. The number of carbonyl (C=O) groups excluding carboxylic acids is 1. The first-order valence-electron chi connectivity index (χ1n) is 8.26. The van der Waals surface area contributed by atoms with Crippen molar-refractivity contribution in [2.45, 2.75) is 26.8 Å². The standard InChI is InChI=1S/C18H25N3O3S/c1-6-21(7-2)17(22)15-11(3)19-18(25)20-16(15)13-9-8-12(23-4)10-14(13)24-5/h8-10,16H,6-7H2,1-5H3,(H2,19,20,25)/t16-/m1/s1. The summed E-state index contributed by atoms with van der Waals surface area (Å²) >= 11 is 5.30. The van der Waals surface area contributed by atoms with Gasteiger partial charge in [-0.25, -0.2) is 0 Å². The lowest BCUT2D eigenvalue weighted by atomic mass is 9.93. The lowest BCUT2D eigenvalue weighted by Gasteiger charge is -2.33. The first-order valence-corrected chi connectivity index (χ1v) is 8.67. The molecule has 0 radical (unpaired) electrons. The van der Waals surface area contributed by atoms with Gasteiger partial charge in [-0.3, -0.25) is 4.79 Å². The lowest BCUT2D eigenvalue weighted by Crippen LogP contribution is -2.47. The van der Waals surface area contributed by atoms with E-state index in [0.29, 0.717) is 35.3 Å². The normalized spacial score (nSPS) is 16.8. The van der Waals surface area contributed by atoms with E-state index in [4.69, 9.17) is 21.7 Å². The van der Waals surface area contributed by atoms with Gasteiger partial charge in [0.15, 0.2) is 5.11 Å². The van der Waals surface area contributed by atoms with Gasteiger partial charge in [0, 0.05) is 30.4 Å². The Kier molecular flexibility index (Phi) is 6.25. The van der Waals surface area contributed by atoms with Gasteiger partial charge < -0.3 is 25.0 Å². The highest BCUT2D eigenvalue weighted by molar-refractivity contribution is 7.80. The van der Waals surface area contributed by atoms with E-state index in [0.717, 1.165) is 11.3 Å². The van der Waals surface area contributed by atoms with Gasteiger partial charge in [-0.15, -0.1) is 0 Å². The lowest BCUT2D eigenvalue weighted by molar-refractivity contribution is -0.127. The van der Waals surface area contributed by atoms with Crippen molar-refractivity contribution in [3.8, 4) is 11.5 Å². The van der Waals surface area contributed by atoms with Crippen LogP contribution in [-0.4, -0.2) is 43.2 Å². The van der Waals surface area contributed by atoms with Crippen molar-refractivity contribution in [3.63, 3.8) is 0 Å². The molecule has 7 heteroatoms. The molecule has 0 aromatic heterocycles. The number of thiocarbonyl (C=S) groups is 1. The summed E-state index contributed by atoms with van der Waals surface area (Å²) in [4.78, 5) is 14.9. The monoisotopic (exact) mass is 363 g/mol. The minimum absolute atomic E-state index is 0.0205. The number of benzene rings is 1. The third-order valence-electron chi connectivity index (χ3n) is 4.30. The predicted octanol–water partition coefficient (Wildman–Crippen LogP) is 2.37. The van der Waals surface area contributed by atoms with E-state index < -0.39 is 0 Å². The molecule has 25 heavy (non-hydrogen) atoms. The molecule has 0 fully saturated rings. The van der Waals surface area contributed by atoms with Crippen LogP contribution in [0.1, 0.15) is 32.4 Å². The van der Waals surface area contributed by atoms with E-state index in [9.17, 15) is 4.79 Å². The van der Waals surface area contributed by atoms with Crippen LogP contribution >= 0.6 is 12.2 Å². The topological polar surface area (TPSA) is 62.8 Å². The zero-order chi connectivity index (χ0) is 18.6. The Bertz CT molecular complexity index is 699. The largest absolute Gasteiger partial charge is 0.497 e. The van der Waals surface area contributed by atoms with Crippen molar-refractivity contribution < 1.29 is 14.3 Å². The number of methoxy groups -OCH3 is 2. The summed E-state index contributed by atoms with van der Waals surface area (Å²) in [6, 6.07) is 5.16. The van der Waals surface area contributed by atoms with Crippen molar-refractivity contribution >= 4 is 23.2 Å². The molecule has 1 amide bonds. The number of ether oxygens (including phenoxy) is 2. The van der Waals surface area contributed by atoms with Gasteiger partial charge in [-0.1, -0.05) is 0 Å². The summed E-state index contributed by atoms with van der Waals surface area (Å²) in [5.41, 5.74) is 2.23. The van der Waals surface area contributed by atoms with Gasteiger partial charge >= 0.3 is 0 Å². The van der Waals surface area contributed by atoms with E-state index in [-0.39, 0.29) is 11.9 Å². The Morgan fingerprint density at radius 1 is 1.24 bits per heavy atom. The number of hydrogen-bond donors (Lipinski definition) is 2. The SMILES string of the molecule is CCN(CC)C(=O)C1=C(C)NC(=S)N[C@@H]1c1ccc(OC)cc1OC. The van der Waals surface area contributed by atoms with Crippen molar-refractivity contribution in [2.75, 3.05) is 27.3 Å².